The van der Waals surface area contributed by atoms with Gasteiger partial charge in [-0.3, -0.25) is 4.79 Å². The zero-order valence-corrected chi connectivity index (χ0v) is 10.5. The van der Waals surface area contributed by atoms with Gasteiger partial charge in [0.15, 0.2) is 0 Å². The lowest BCUT2D eigenvalue weighted by molar-refractivity contribution is -0.141. The zero-order chi connectivity index (χ0) is 12.1. The number of carboxylic acid groups (broad SMARTS) is 1. The lowest BCUT2D eigenvalue weighted by atomic mass is 9.91. The van der Waals surface area contributed by atoms with E-state index in [1.807, 2.05) is 7.05 Å². The Balaban J connectivity index is 2.40. The molecule has 0 aromatic carbocycles. The molecule has 4 nitrogen and oxygen atoms in total. The Labute approximate surface area is 97.6 Å². The van der Waals surface area contributed by atoms with Gasteiger partial charge in [0.05, 0.1) is 12.0 Å². The van der Waals surface area contributed by atoms with E-state index < -0.39 is 5.97 Å². The second-order valence-corrected chi connectivity index (χ2v) is 4.86. The lowest BCUT2D eigenvalue weighted by Gasteiger charge is -2.35. The summed E-state index contributed by atoms with van der Waals surface area (Å²) >= 11 is 0. The van der Waals surface area contributed by atoms with Crippen LogP contribution in [0.15, 0.2) is 0 Å². The van der Waals surface area contributed by atoms with Gasteiger partial charge in [0, 0.05) is 19.7 Å². The minimum absolute atomic E-state index is 0.298. The van der Waals surface area contributed by atoms with Gasteiger partial charge in [-0.2, -0.15) is 0 Å². The fourth-order valence-corrected chi connectivity index (χ4v) is 2.39. The molecule has 1 saturated carbocycles. The fourth-order valence-electron chi connectivity index (χ4n) is 2.39. The SMILES string of the molecule is COC1CCCC(N(C)CC(C)C(=O)O)C1. The lowest BCUT2D eigenvalue weighted by Crippen LogP contribution is -2.41. The quantitative estimate of drug-likeness (QED) is 0.778. The van der Waals surface area contributed by atoms with Crippen LogP contribution in [0.4, 0.5) is 0 Å². The summed E-state index contributed by atoms with van der Waals surface area (Å²) in [7, 11) is 3.77. The average molecular weight is 229 g/mol. The van der Waals surface area contributed by atoms with Gasteiger partial charge in [-0.05, 0) is 32.7 Å². The van der Waals surface area contributed by atoms with Crippen LogP contribution in [-0.2, 0) is 9.53 Å². The van der Waals surface area contributed by atoms with Gasteiger partial charge >= 0.3 is 5.97 Å². The van der Waals surface area contributed by atoms with Crippen molar-refractivity contribution in [2.75, 3.05) is 20.7 Å². The van der Waals surface area contributed by atoms with Gasteiger partial charge < -0.3 is 14.7 Å². The second kappa shape index (κ2) is 6.21. The number of hydrogen-bond acceptors (Lipinski definition) is 3. The monoisotopic (exact) mass is 229 g/mol. The normalized spacial score (nSPS) is 28.0. The van der Waals surface area contributed by atoms with E-state index in [-0.39, 0.29) is 5.92 Å². The predicted molar refractivity (Wildman–Crippen MR) is 62.5 cm³/mol. The molecule has 1 N–H and O–H groups in total. The number of hydrogen-bond donors (Lipinski definition) is 1. The van der Waals surface area contributed by atoms with Crippen LogP contribution < -0.4 is 0 Å². The highest BCUT2D eigenvalue weighted by Crippen LogP contribution is 2.24. The molecule has 1 fully saturated rings. The Bertz CT molecular complexity index is 232. The highest BCUT2D eigenvalue weighted by atomic mass is 16.5. The molecule has 0 aromatic heterocycles. The topological polar surface area (TPSA) is 49.8 Å². The number of rotatable bonds is 5. The minimum Gasteiger partial charge on any atom is -0.481 e. The fraction of sp³-hybridized carbons (Fsp3) is 0.917. The summed E-state index contributed by atoms with van der Waals surface area (Å²) in [5.41, 5.74) is 0. The number of carbonyl (C=O) groups is 1. The summed E-state index contributed by atoms with van der Waals surface area (Å²) in [5, 5.41) is 8.88. The van der Waals surface area contributed by atoms with Crippen molar-refractivity contribution in [3.8, 4) is 0 Å². The molecule has 1 aliphatic carbocycles. The van der Waals surface area contributed by atoms with Crippen LogP contribution in [-0.4, -0.2) is 48.8 Å². The van der Waals surface area contributed by atoms with Crippen molar-refractivity contribution in [1.29, 1.82) is 0 Å². The Kier molecular flexibility index (Phi) is 5.22. The molecule has 1 rings (SSSR count). The van der Waals surface area contributed by atoms with E-state index in [4.69, 9.17) is 9.84 Å². The Morgan fingerprint density at radius 1 is 1.56 bits per heavy atom. The van der Waals surface area contributed by atoms with Crippen LogP contribution in [0.2, 0.25) is 0 Å². The van der Waals surface area contributed by atoms with E-state index >= 15 is 0 Å². The van der Waals surface area contributed by atoms with Gasteiger partial charge in [0.1, 0.15) is 0 Å². The molecule has 94 valence electrons. The van der Waals surface area contributed by atoms with Gasteiger partial charge in [0.2, 0.25) is 0 Å². The molecule has 0 bridgehead atoms. The number of methoxy groups -OCH3 is 1. The van der Waals surface area contributed by atoms with Crippen molar-refractivity contribution in [3.05, 3.63) is 0 Å². The molecule has 3 atom stereocenters. The minimum atomic E-state index is -0.717. The first kappa shape index (κ1) is 13.5. The average Bonchev–Trinajstić information content (AvgIpc) is 2.28. The summed E-state index contributed by atoms with van der Waals surface area (Å²) in [6, 6.07) is 0.473. The Morgan fingerprint density at radius 3 is 2.81 bits per heavy atom. The van der Waals surface area contributed by atoms with Gasteiger partial charge in [-0.1, -0.05) is 6.92 Å². The van der Waals surface area contributed by atoms with Crippen molar-refractivity contribution in [1.82, 2.24) is 4.90 Å². The largest absolute Gasteiger partial charge is 0.481 e. The van der Waals surface area contributed by atoms with E-state index in [9.17, 15) is 4.79 Å². The number of nitrogens with zero attached hydrogens (tertiary/aromatic N) is 1. The standard InChI is InChI=1S/C12H23NO3/c1-9(12(14)15)8-13(2)10-5-4-6-11(7-10)16-3/h9-11H,4-8H2,1-3H3,(H,14,15). The third kappa shape index (κ3) is 3.76. The molecule has 1 aliphatic rings. The van der Waals surface area contributed by atoms with Crippen molar-refractivity contribution in [3.63, 3.8) is 0 Å². The highest BCUT2D eigenvalue weighted by Gasteiger charge is 2.26. The summed E-state index contributed by atoms with van der Waals surface area (Å²) in [6.45, 7) is 2.38. The van der Waals surface area contributed by atoms with Crippen LogP contribution in [0.3, 0.4) is 0 Å². The Morgan fingerprint density at radius 2 is 2.25 bits per heavy atom. The van der Waals surface area contributed by atoms with Crippen LogP contribution >= 0.6 is 0 Å². The molecule has 16 heavy (non-hydrogen) atoms. The van der Waals surface area contributed by atoms with Crippen LogP contribution in [0.5, 0.6) is 0 Å². The Hall–Kier alpha value is -0.610. The van der Waals surface area contributed by atoms with Gasteiger partial charge in [-0.15, -0.1) is 0 Å². The third-order valence-corrected chi connectivity index (χ3v) is 3.54. The number of aliphatic carboxylic acids is 1. The first-order chi connectivity index (χ1) is 7.54. The van der Waals surface area contributed by atoms with E-state index in [1.165, 1.54) is 6.42 Å². The second-order valence-electron chi connectivity index (χ2n) is 4.86. The van der Waals surface area contributed by atoms with E-state index in [0.717, 1.165) is 19.3 Å². The highest BCUT2D eigenvalue weighted by molar-refractivity contribution is 5.69. The molecule has 0 saturated heterocycles. The molecule has 4 heteroatoms. The van der Waals surface area contributed by atoms with Gasteiger partial charge in [0.25, 0.3) is 0 Å². The predicted octanol–water partition coefficient (Wildman–Crippen LogP) is 1.60. The maximum absolute atomic E-state index is 10.8. The van der Waals surface area contributed by atoms with E-state index in [0.29, 0.717) is 18.7 Å². The molecule has 0 aliphatic heterocycles. The van der Waals surface area contributed by atoms with Crippen molar-refractivity contribution in [2.24, 2.45) is 5.92 Å². The van der Waals surface area contributed by atoms with Crippen molar-refractivity contribution < 1.29 is 14.6 Å². The van der Waals surface area contributed by atoms with Crippen molar-refractivity contribution >= 4 is 5.97 Å². The molecular formula is C12H23NO3. The number of carboxylic acids is 1. The molecule has 0 amide bonds. The van der Waals surface area contributed by atoms with E-state index in [2.05, 4.69) is 4.90 Å². The smallest absolute Gasteiger partial charge is 0.307 e. The maximum Gasteiger partial charge on any atom is 0.307 e. The molecule has 3 unspecified atom stereocenters. The first-order valence-electron chi connectivity index (χ1n) is 6.00. The number of ether oxygens (including phenoxy) is 1. The van der Waals surface area contributed by atoms with Crippen LogP contribution in [0.1, 0.15) is 32.6 Å². The maximum atomic E-state index is 10.8. The summed E-state index contributed by atoms with van der Waals surface area (Å²) in [4.78, 5) is 13.0. The molecule has 0 radical (unpaired) electrons. The van der Waals surface area contributed by atoms with Crippen molar-refractivity contribution in [2.45, 2.75) is 44.8 Å². The first-order valence-corrected chi connectivity index (χ1v) is 6.00. The summed E-state index contributed by atoms with van der Waals surface area (Å²) in [5.74, 6) is -1.01. The zero-order valence-electron chi connectivity index (χ0n) is 10.5. The summed E-state index contributed by atoms with van der Waals surface area (Å²) in [6.07, 6.45) is 4.84. The molecular weight excluding hydrogens is 206 g/mol. The molecule has 0 heterocycles. The van der Waals surface area contributed by atoms with Crippen LogP contribution in [0.25, 0.3) is 0 Å². The third-order valence-electron chi connectivity index (χ3n) is 3.54. The van der Waals surface area contributed by atoms with Crippen LogP contribution in [0, 0.1) is 5.92 Å². The van der Waals surface area contributed by atoms with Gasteiger partial charge in [-0.25, -0.2) is 0 Å². The molecule has 0 spiro atoms. The van der Waals surface area contributed by atoms with E-state index in [1.54, 1.807) is 14.0 Å². The summed E-state index contributed by atoms with van der Waals surface area (Å²) < 4.78 is 5.38. The molecule has 0 aromatic rings.